The lowest BCUT2D eigenvalue weighted by molar-refractivity contribution is 0.507. The van der Waals surface area contributed by atoms with Gasteiger partial charge < -0.3 is 0 Å². The second-order valence-electron chi connectivity index (χ2n) is 2.24. The summed E-state index contributed by atoms with van der Waals surface area (Å²) >= 11 is 0. The lowest BCUT2D eigenvalue weighted by Gasteiger charge is -1.95. The summed E-state index contributed by atoms with van der Waals surface area (Å²) in [5.74, 6) is -1.66. The van der Waals surface area contributed by atoms with Crippen LogP contribution in [0.5, 0.6) is 0 Å². The average molecular weight is 166 g/mol. The van der Waals surface area contributed by atoms with Gasteiger partial charge in [-0.1, -0.05) is 36.9 Å². The van der Waals surface area contributed by atoms with E-state index in [2.05, 4.69) is 6.58 Å². The van der Waals surface area contributed by atoms with Crippen LogP contribution in [0.2, 0.25) is 0 Å². The van der Waals surface area contributed by atoms with Crippen LogP contribution >= 0.6 is 0 Å². The van der Waals surface area contributed by atoms with Gasteiger partial charge in [0.2, 0.25) is 0 Å². The Balaban J connectivity index is 3.07. The van der Waals surface area contributed by atoms with Gasteiger partial charge in [-0.15, -0.1) is 0 Å². The van der Waals surface area contributed by atoms with E-state index in [-0.39, 0.29) is 5.56 Å². The van der Waals surface area contributed by atoms with E-state index >= 15 is 0 Å². The minimum absolute atomic E-state index is 0.231. The molecule has 12 heavy (non-hydrogen) atoms. The number of hydrogen-bond acceptors (Lipinski definition) is 0. The predicted octanol–water partition coefficient (Wildman–Crippen LogP) is 3.16. The minimum Gasteiger partial charge on any atom is -0.204 e. The number of hydrogen-bond donors (Lipinski definition) is 0. The Hall–Kier alpha value is -1.44. The molecule has 0 radical (unpaired) electrons. The molecule has 0 aromatic heterocycles. The molecule has 0 fully saturated rings. The molecule has 0 aliphatic rings. The molecule has 1 aromatic carbocycles. The highest BCUT2D eigenvalue weighted by Gasteiger charge is 2.02. The second kappa shape index (κ2) is 3.81. The van der Waals surface area contributed by atoms with Crippen molar-refractivity contribution < 1.29 is 8.78 Å². The van der Waals surface area contributed by atoms with E-state index < -0.39 is 11.6 Å². The molecular formula is C10H8F2. The maximum absolute atomic E-state index is 12.9. The van der Waals surface area contributed by atoms with E-state index in [1.165, 1.54) is 24.3 Å². The van der Waals surface area contributed by atoms with Crippen molar-refractivity contribution in [1.29, 1.82) is 0 Å². The first kappa shape index (κ1) is 8.65. The van der Waals surface area contributed by atoms with Crippen LogP contribution in [0.1, 0.15) is 5.56 Å². The quantitative estimate of drug-likeness (QED) is 0.592. The number of allylic oxidation sites excluding steroid dienone is 2. The molecule has 0 aliphatic carbocycles. The molecule has 62 valence electrons. The lowest BCUT2D eigenvalue weighted by atomic mass is 10.2. The summed E-state index contributed by atoms with van der Waals surface area (Å²) in [6.07, 6.45) is 4.52. The van der Waals surface area contributed by atoms with Crippen LogP contribution in [-0.4, -0.2) is 0 Å². The van der Waals surface area contributed by atoms with Crippen molar-refractivity contribution in [3.8, 4) is 0 Å². The molecule has 2 heteroatoms. The van der Waals surface area contributed by atoms with Crippen LogP contribution in [0.15, 0.2) is 36.9 Å². The van der Waals surface area contributed by atoms with Crippen LogP contribution in [0.4, 0.5) is 8.78 Å². The molecule has 0 amide bonds. The first-order valence-electron chi connectivity index (χ1n) is 3.49. The summed E-state index contributed by atoms with van der Waals surface area (Å²) in [7, 11) is 0. The van der Waals surface area contributed by atoms with Crippen molar-refractivity contribution in [3.05, 3.63) is 54.1 Å². The third kappa shape index (κ3) is 1.78. The number of halogens is 2. The summed E-state index contributed by atoms with van der Waals surface area (Å²) in [5.41, 5.74) is 0.231. The van der Waals surface area contributed by atoms with E-state index in [1.807, 2.05) is 0 Å². The van der Waals surface area contributed by atoms with Crippen LogP contribution in [0, 0.1) is 11.6 Å². The van der Waals surface area contributed by atoms with E-state index in [9.17, 15) is 8.78 Å². The smallest absolute Gasteiger partial charge is 0.166 e. The molecule has 0 heterocycles. The Morgan fingerprint density at radius 1 is 1.25 bits per heavy atom. The minimum atomic E-state index is -0.832. The Kier molecular flexibility index (Phi) is 2.75. The molecule has 0 bridgehead atoms. The van der Waals surface area contributed by atoms with Gasteiger partial charge in [0.25, 0.3) is 0 Å². The number of rotatable bonds is 2. The monoisotopic (exact) mass is 166 g/mol. The highest BCUT2D eigenvalue weighted by atomic mass is 19.2. The van der Waals surface area contributed by atoms with E-state index in [0.29, 0.717) is 0 Å². The first-order chi connectivity index (χ1) is 5.75. The van der Waals surface area contributed by atoms with Gasteiger partial charge in [0, 0.05) is 5.56 Å². The predicted molar refractivity (Wildman–Crippen MR) is 45.6 cm³/mol. The summed E-state index contributed by atoms with van der Waals surface area (Å²) in [5, 5.41) is 0. The fourth-order valence-corrected chi connectivity index (χ4v) is 0.821. The van der Waals surface area contributed by atoms with E-state index in [0.717, 1.165) is 6.07 Å². The Morgan fingerprint density at radius 3 is 2.67 bits per heavy atom. The second-order valence-corrected chi connectivity index (χ2v) is 2.24. The molecule has 0 aliphatic heterocycles. The normalized spacial score (nSPS) is 10.5. The third-order valence-corrected chi connectivity index (χ3v) is 1.39. The maximum Gasteiger partial charge on any atom is 0.166 e. The van der Waals surface area contributed by atoms with Crippen LogP contribution in [-0.2, 0) is 0 Å². The standard InChI is InChI=1S/C10H8F2/c1-2-3-5-8-6-4-7-9(11)10(8)12/h2-7H,1H2/b5-3+. The van der Waals surface area contributed by atoms with Gasteiger partial charge in [-0.25, -0.2) is 8.78 Å². The first-order valence-corrected chi connectivity index (χ1v) is 3.49. The van der Waals surface area contributed by atoms with Crippen LogP contribution in [0.3, 0.4) is 0 Å². The molecule has 0 spiro atoms. The maximum atomic E-state index is 12.9. The molecule has 0 N–H and O–H groups in total. The van der Waals surface area contributed by atoms with Gasteiger partial charge in [0.15, 0.2) is 11.6 Å². The largest absolute Gasteiger partial charge is 0.204 e. The Labute approximate surface area is 69.8 Å². The zero-order valence-electron chi connectivity index (χ0n) is 6.43. The fraction of sp³-hybridized carbons (Fsp3) is 0. The van der Waals surface area contributed by atoms with Gasteiger partial charge in [0.05, 0.1) is 0 Å². The highest BCUT2D eigenvalue weighted by molar-refractivity contribution is 5.51. The van der Waals surface area contributed by atoms with Gasteiger partial charge in [-0.3, -0.25) is 0 Å². The third-order valence-electron chi connectivity index (χ3n) is 1.39. The van der Waals surface area contributed by atoms with Crippen molar-refractivity contribution in [2.24, 2.45) is 0 Å². The lowest BCUT2D eigenvalue weighted by Crippen LogP contribution is -1.86. The van der Waals surface area contributed by atoms with Crippen LogP contribution in [0.25, 0.3) is 6.08 Å². The molecule has 0 nitrogen and oxygen atoms in total. The van der Waals surface area contributed by atoms with Crippen molar-refractivity contribution in [1.82, 2.24) is 0 Å². The highest BCUT2D eigenvalue weighted by Crippen LogP contribution is 2.12. The summed E-state index contributed by atoms with van der Waals surface area (Å²) < 4.78 is 25.4. The molecule has 0 unspecified atom stereocenters. The number of benzene rings is 1. The molecule has 1 rings (SSSR count). The van der Waals surface area contributed by atoms with Crippen LogP contribution < -0.4 is 0 Å². The fourth-order valence-electron chi connectivity index (χ4n) is 0.821. The Morgan fingerprint density at radius 2 is 2.00 bits per heavy atom. The van der Waals surface area contributed by atoms with E-state index in [4.69, 9.17) is 0 Å². The average Bonchev–Trinajstić information content (AvgIpc) is 2.08. The van der Waals surface area contributed by atoms with Crippen molar-refractivity contribution in [2.75, 3.05) is 0 Å². The SMILES string of the molecule is C=C/C=C/c1cccc(F)c1F. The van der Waals surface area contributed by atoms with Gasteiger partial charge in [0.1, 0.15) is 0 Å². The topological polar surface area (TPSA) is 0 Å². The molecule has 0 saturated carbocycles. The molecule has 0 atom stereocenters. The van der Waals surface area contributed by atoms with Gasteiger partial charge >= 0.3 is 0 Å². The van der Waals surface area contributed by atoms with Crippen molar-refractivity contribution >= 4 is 6.08 Å². The van der Waals surface area contributed by atoms with E-state index in [1.54, 1.807) is 6.08 Å². The molecule has 0 saturated heterocycles. The van der Waals surface area contributed by atoms with Gasteiger partial charge in [-0.2, -0.15) is 0 Å². The summed E-state index contributed by atoms with van der Waals surface area (Å²) in [4.78, 5) is 0. The van der Waals surface area contributed by atoms with Gasteiger partial charge in [-0.05, 0) is 6.07 Å². The van der Waals surface area contributed by atoms with Crippen molar-refractivity contribution in [3.63, 3.8) is 0 Å². The Bertz CT molecular complexity index is 314. The molecule has 1 aromatic rings. The summed E-state index contributed by atoms with van der Waals surface area (Å²) in [6, 6.07) is 4.04. The summed E-state index contributed by atoms with van der Waals surface area (Å²) in [6.45, 7) is 3.42. The van der Waals surface area contributed by atoms with Crippen molar-refractivity contribution in [2.45, 2.75) is 0 Å². The zero-order valence-corrected chi connectivity index (χ0v) is 6.43. The zero-order chi connectivity index (χ0) is 8.97. The molecular weight excluding hydrogens is 158 g/mol.